The van der Waals surface area contributed by atoms with Crippen molar-refractivity contribution in [2.45, 2.75) is 18.9 Å². The molecule has 1 N–H and O–H groups in total. The Balaban J connectivity index is 1.47. The van der Waals surface area contributed by atoms with Crippen LogP contribution in [0.4, 0.5) is 5.82 Å². The van der Waals surface area contributed by atoms with Crippen LogP contribution in [0.25, 0.3) is 11.3 Å². The highest BCUT2D eigenvalue weighted by Gasteiger charge is 2.24. The van der Waals surface area contributed by atoms with Crippen LogP contribution in [0.3, 0.4) is 0 Å². The fourth-order valence-corrected chi connectivity index (χ4v) is 3.66. The summed E-state index contributed by atoms with van der Waals surface area (Å²) in [4.78, 5) is 15.5. The summed E-state index contributed by atoms with van der Waals surface area (Å²) in [5.74, 6) is 1.52. The number of anilines is 1. The van der Waals surface area contributed by atoms with Gasteiger partial charge in [0.25, 0.3) is 0 Å². The minimum atomic E-state index is 0.549. The number of nitrogens with one attached hydrogen (secondary N) is 1. The molecule has 0 radical (unpaired) electrons. The van der Waals surface area contributed by atoms with Crippen molar-refractivity contribution in [2.75, 3.05) is 25.5 Å². The van der Waals surface area contributed by atoms with Crippen molar-refractivity contribution in [2.24, 2.45) is 0 Å². The summed E-state index contributed by atoms with van der Waals surface area (Å²) in [7, 11) is 1.93. The van der Waals surface area contributed by atoms with Crippen LogP contribution in [0.2, 0.25) is 0 Å². The van der Waals surface area contributed by atoms with Crippen LogP contribution in [-0.2, 0) is 6.54 Å². The highest BCUT2D eigenvalue weighted by atomic mass is 15.1. The van der Waals surface area contributed by atoms with E-state index in [9.17, 15) is 0 Å². The first-order chi connectivity index (χ1) is 12.8. The Bertz CT molecular complexity index is 865. The monoisotopic (exact) mass is 345 g/mol. The lowest BCUT2D eigenvalue weighted by molar-refractivity contribution is 0.327. The van der Waals surface area contributed by atoms with E-state index in [0.717, 1.165) is 36.7 Å². The summed E-state index contributed by atoms with van der Waals surface area (Å²) in [6, 6.07) is 12.6. The van der Waals surface area contributed by atoms with Gasteiger partial charge in [-0.1, -0.05) is 6.07 Å². The highest BCUT2D eigenvalue weighted by molar-refractivity contribution is 5.59. The third-order valence-corrected chi connectivity index (χ3v) is 5.03. The van der Waals surface area contributed by atoms with Crippen molar-refractivity contribution in [3.8, 4) is 11.3 Å². The first kappa shape index (κ1) is 16.7. The minimum absolute atomic E-state index is 0.549. The lowest BCUT2D eigenvalue weighted by Gasteiger charge is -2.18. The largest absolute Gasteiger partial charge is 0.373 e. The number of hydrogen-bond donors (Lipinski definition) is 1. The second-order valence-corrected chi connectivity index (χ2v) is 6.69. The van der Waals surface area contributed by atoms with Gasteiger partial charge in [0.2, 0.25) is 0 Å². The van der Waals surface area contributed by atoms with E-state index in [0.29, 0.717) is 5.92 Å². The zero-order chi connectivity index (χ0) is 17.8. The molecule has 3 aromatic heterocycles. The standard InChI is InChI=1S/C21H23N5/c1-22-21-19(3-2-8-25-21)15-26-12-7-18(14-26)17-6-11-24-20(13-17)16-4-9-23-10-5-16/h2-6,8-11,13,18H,7,12,14-15H2,1H3,(H,22,25)/t18-/m1/s1. The van der Waals surface area contributed by atoms with Gasteiger partial charge in [0.1, 0.15) is 5.82 Å². The molecular formula is C21H23N5. The van der Waals surface area contributed by atoms with Crippen LogP contribution in [0.15, 0.2) is 61.2 Å². The summed E-state index contributed by atoms with van der Waals surface area (Å²) in [6.07, 6.45) is 8.56. The lowest BCUT2D eigenvalue weighted by Crippen LogP contribution is -2.20. The SMILES string of the molecule is CNc1ncccc1CN1CC[C@@H](c2ccnc(-c3ccncc3)c2)C1. The molecular weight excluding hydrogens is 322 g/mol. The number of aromatic nitrogens is 3. The van der Waals surface area contributed by atoms with Crippen molar-refractivity contribution >= 4 is 5.82 Å². The Hall–Kier alpha value is -2.79. The second kappa shape index (κ2) is 7.62. The fraction of sp³-hybridized carbons (Fsp3) is 0.286. The first-order valence-corrected chi connectivity index (χ1v) is 9.04. The second-order valence-electron chi connectivity index (χ2n) is 6.69. The number of likely N-dealkylation sites (tertiary alicyclic amines) is 1. The van der Waals surface area contributed by atoms with E-state index in [1.165, 1.54) is 17.5 Å². The highest BCUT2D eigenvalue weighted by Crippen LogP contribution is 2.30. The average molecular weight is 345 g/mol. The molecule has 0 unspecified atom stereocenters. The van der Waals surface area contributed by atoms with Gasteiger partial charge in [-0.15, -0.1) is 0 Å². The zero-order valence-corrected chi connectivity index (χ0v) is 15.0. The van der Waals surface area contributed by atoms with Gasteiger partial charge in [0.15, 0.2) is 0 Å². The third kappa shape index (κ3) is 3.58. The number of hydrogen-bond acceptors (Lipinski definition) is 5. The maximum Gasteiger partial charge on any atom is 0.130 e. The molecule has 1 saturated heterocycles. The lowest BCUT2D eigenvalue weighted by atomic mass is 9.97. The Morgan fingerprint density at radius 3 is 2.81 bits per heavy atom. The van der Waals surface area contributed by atoms with Gasteiger partial charge in [-0.2, -0.15) is 0 Å². The summed E-state index contributed by atoms with van der Waals surface area (Å²) in [6.45, 7) is 3.11. The fourth-order valence-electron chi connectivity index (χ4n) is 3.66. The van der Waals surface area contributed by atoms with Gasteiger partial charge in [0, 0.05) is 56.1 Å². The molecule has 1 fully saturated rings. The molecule has 0 aliphatic carbocycles. The molecule has 1 aliphatic rings. The molecule has 4 heterocycles. The molecule has 0 aromatic carbocycles. The summed E-state index contributed by atoms with van der Waals surface area (Å²) in [5, 5.41) is 3.19. The predicted octanol–water partition coefficient (Wildman–Crippen LogP) is 3.57. The quantitative estimate of drug-likeness (QED) is 0.766. The molecule has 3 aromatic rings. The molecule has 0 spiro atoms. The van der Waals surface area contributed by atoms with E-state index < -0.39 is 0 Å². The van der Waals surface area contributed by atoms with Gasteiger partial charge in [-0.3, -0.25) is 14.9 Å². The Morgan fingerprint density at radius 2 is 1.96 bits per heavy atom. The third-order valence-electron chi connectivity index (χ3n) is 5.03. The van der Waals surface area contributed by atoms with Gasteiger partial charge in [-0.05, 0) is 54.8 Å². The number of rotatable bonds is 5. The molecule has 4 rings (SSSR count). The Kier molecular flexibility index (Phi) is 4.88. The normalized spacial score (nSPS) is 17.3. The average Bonchev–Trinajstić information content (AvgIpc) is 3.18. The van der Waals surface area contributed by atoms with Crippen LogP contribution in [0.5, 0.6) is 0 Å². The maximum atomic E-state index is 4.53. The van der Waals surface area contributed by atoms with E-state index >= 15 is 0 Å². The smallest absolute Gasteiger partial charge is 0.130 e. The molecule has 1 atom stereocenters. The summed E-state index contributed by atoms with van der Waals surface area (Å²) in [5.41, 5.74) is 4.76. The molecule has 26 heavy (non-hydrogen) atoms. The van der Waals surface area contributed by atoms with Crippen molar-refractivity contribution in [1.82, 2.24) is 19.9 Å². The Labute approximate surface area is 154 Å². The van der Waals surface area contributed by atoms with Crippen molar-refractivity contribution in [3.05, 3.63) is 72.3 Å². The van der Waals surface area contributed by atoms with Gasteiger partial charge in [-0.25, -0.2) is 4.98 Å². The van der Waals surface area contributed by atoms with Crippen LogP contribution in [0, 0.1) is 0 Å². The molecule has 0 amide bonds. The molecule has 1 aliphatic heterocycles. The molecule has 0 bridgehead atoms. The topological polar surface area (TPSA) is 53.9 Å². The van der Waals surface area contributed by atoms with Crippen molar-refractivity contribution in [3.63, 3.8) is 0 Å². The van der Waals surface area contributed by atoms with Crippen LogP contribution in [-0.4, -0.2) is 40.0 Å². The van der Waals surface area contributed by atoms with Gasteiger partial charge in [0.05, 0.1) is 5.69 Å². The molecule has 5 heteroatoms. The van der Waals surface area contributed by atoms with Gasteiger partial charge >= 0.3 is 0 Å². The zero-order valence-electron chi connectivity index (χ0n) is 15.0. The summed E-state index contributed by atoms with van der Waals surface area (Å²) >= 11 is 0. The molecule has 0 saturated carbocycles. The van der Waals surface area contributed by atoms with E-state index in [1.807, 2.05) is 50.0 Å². The minimum Gasteiger partial charge on any atom is -0.373 e. The predicted molar refractivity (Wildman–Crippen MR) is 104 cm³/mol. The Morgan fingerprint density at radius 1 is 1.08 bits per heavy atom. The van der Waals surface area contributed by atoms with Gasteiger partial charge < -0.3 is 5.32 Å². The number of pyridine rings is 3. The van der Waals surface area contributed by atoms with E-state index in [2.05, 4.69) is 43.4 Å². The van der Waals surface area contributed by atoms with Crippen molar-refractivity contribution in [1.29, 1.82) is 0 Å². The van der Waals surface area contributed by atoms with Crippen LogP contribution in [0.1, 0.15) is 23.5 Å². The van der Waals surface area contributed by atoms with Crippen molar-refractivity contribution < 1.29 is 0 Å². The van der Waals surface area contributed by atoms with E-state index in [4.69, 9.17) is 0 Å². The van der Waals surface area contributed by atoms with Crippen LogP contribution >= 0.6 is 0 Å². The molecule has 5 nitrogen and oxygen atoms in total. The van der Waals surface area contributed by atoms with Crippen LogP contribution < -0.4 is 5.32 Å². The maximum absolute atomic E-state index is 4.53. The first-order valence-electron chi connectivity index (χ1n) is 9.04. The number of nitrogens with zero attached hydrogens (tertiary/aromatic N) is 4. The molecule has 132 valence electrons. The summed E-state index contributed by atoms with van der Waals surface area (Å²) < 4.78 is 0. The van der Waals surface area contributed by atoms with E-state index in [-0.39, 0.29) is 0 Å². The van der Waals surface area contributed by atoms with E-state index in [1.54, 1.807) is 0 Å².